The molecule has 86 valence electrons. The Balaban J connectivity index is 2.02. The number of carbonyl (C=O) groups excluding carboxylic acids is 1. The Labute approximate surface area is 95.0 Å². The van der Waals surface area contributed by atoms with Crippen molar-refractivity contribution >= 4 is 11.6 Å². The third-order valence-corrected chi connectivity index (χ3v) is 2.83. The summed E-state index contributed by atoms with van der Waals surface area (Å²) in [5.74, 6) is 0.136. The van der Waals surface area contributed by atoms with E-state index < -0.39 is 0 Å². The van der Waals surface area contributed by atoms with E-state index in [2.05, 4.69) is 0 Å². The Hall–Kier alpha value is -1.55. The Morgan fingerprint density at radius 3 is 2.94 bits per heavy atom. The van der Waals surface area contributed by atoms with E-state index in [1.807, 2.05) is 23.1 Å². The van der Waals surface area contributed by atoms with Crippen LogP contribution in [0.2, 0.25) is 0 Å². The van der Waals surface area contributed by atoms with Crippen LogP contribution in [0.15, 0.2) is 18.2 Å². The molecule has 2 N–H and O–H groups in total. The second-order valence-corrected chi connectivity index (χ2v) is 4.02. The van der Waals surface area contributed by atoms with Crippen molar-refractivity contribution in [3.63, 3.8) is 0 Å². The molecule has 4 nitrogen and oxygen atoms in total. The van der Waals surface area contributed by atoms with Crippen LogP contribution in [0, 0.1) is 0 Å². The van der Waals surface area contributed by atoms with Crippen LogP contribution in [0.5, 0.6) is 0 Å². The lowest BCUT2D eigenvalue weighted by Gasteiger charge is -2.14. The number of carbonyl (C=O) groups is 1. The van der Waals surface area contributed by atoms with Crippen LogP contribution >= 0.6 is 0 Å². The highest BCUT2D eigenvalue weighted by Crippen LogP contribution is 2.24. The number of fused-ring (bicyclic) bond motifs is 1. The van der Waals surface area contributed by atoms with Crippen LogP contribution in [0.4, 0.5) is 5.69 Å². The zero-order chi connectivity index (χ0) is 11.5. The molecule has 1 heterocycles. The molecule has 1 aliphatic rings. The molecule has 0 unspecified atom stereocenters. The number of amides is 1. The van der Waals surface area contributed by atoms with E-state index in [1.54, 1.807) is 7.11 Å². The van der Waals surface area contributed by atoms with Gasteiger partial charge in [-0.2, -0.15) is 0 Å². The lowest BCUT2D eigenvalue weighted by molar-refractivity contribution is -0.132. The molecule has 4 heteroatoms. The highest BCUT2D eigenvalue weighted by atomic mass is 16.5. The van der Waals surface area contributed by atoms with E-state index in [4.69, 9.17) is 10.5 Å². The first-order valence-electron chi connectivity index (χ1n) is 5.34. The largest absolute Gasteiger partial charge is 0.399 e. The lowest BCUT2D eigenvalue weighted by atomic mass is 10.1. The average molecular weight is 220 g/mol. The quantitative estimate of drug-likeness (QED) is 0.777. The molecule has 1 amide bonds. The molecule has 0 fully saturated rings. The van der Waals surface area contributed by atoms with Crippen LogP contribution in [-0.4, -0.2) is 24.5 Å². The molecule has 2 rings (SSSR count). The number of hydrogen-bond donors (Lipinski definition) is 1. The number of methoxy groups -OCH3 is 1. The van der Waals surface area contributed by atoms with Gasteiger partial charge in [-0.1, -0.05) is 6.07 Å². The second kappa shape index (κ2) is 4.53. The van der Waals surface area contributed by atoms with E-state index in [0.717, 1.165) is 11.3 Å². The molecule has 0 atom stereocenters. The minimum absolute atomic E-state index is 0.136. The van der Waals surface area contributed by atoms with Gasteiger partial charge in [-0.25, -0.2) is 0 Å². The van der Waals surface area contributed by atoms with Gasteiger partial charge in [0.2, 0.25) is 5.91 Å². The summed E-state index contributed by atoms with van der Waals surface area (Å²) in [5.41, 5.74) is 8.82. The first-order valence-corrected chi connectivity index (χ1v) is 5.34. The Morgan fingerprint density at radius 2 is 2.19 bits per heavy atom. The van der Waals surface area contributed by atoms with Crippen LogP contribution < -0.4 is 5.73 Å². The van der Waals surface area contributed by atoms with Crippen molar-refractivity contribution < 1.29 is 9.53 Å². The molecule has 1 aliphatic heterocycles. The van der Waals surface area contributed by atoms with Gasteiger partial charge in [-0.3, -0.25) is 4.79 Å². The number of nitrogen functional groups attached to an aromatic ring is 1. The number of rotatable bonds is 3. The van der Waals surface area contributed by atoms with Crippen LogP contribution in [0.3, 0.4) is 0 Å². The minimum Gasteiger partial charge on any atom is -0.399 e. The van der Waals surface area contributed by atoms with Crippen molar-refractivity contribution in [2.75, 3.05) is 19.5 Å². The van der Waals surface area contributed by atoms with Crippen molar-refractivity contribution in [1.29, 1.82) is 0 Å². The van der Waals surface area contributed by atoms with Gasteiger partial charge < -0.3 is 15.4 Å². The summed E-state index contributed by atoms with van der Waals surface area (Å²) in [7, 11) is 1.60. The van der Waals surface area contributed by atoms with Crippen LogP contribution in [0.1, 0.15) is 17.5 Å². The molecule has 0 radical (unpaired) electrons. The molecule has 0 spiro atoms. The minimum atomic E-state index is 0.136. The van der Waals surface area contributed by atoms with Gasteiger partial charge in [0, 0.05) is 25.9 Å². The summed E-state index contributed by atoms with van der Waals surface area (Å²) in [6.07, 6.45) is 0.444. The zero-order valence-electron chi connectivity index (χ0n) is 9.40. The topological polar surface area (TPSA) is 55.6 Å². The highest BCUT2D eigenvalue weighted by Gasteiger charge is 2.22. The standard InChI is InChI=1S/C12H16N2O2/c1-16-5-4-12(15)14-7-9-2-3-11(13)6-10(9)8-14/h2-3,6H,4-5,7-8,13H2,1H3. The molecule has 0 saturated carbocycles. The van der Waals surface area contributed by atoms with Crippen LogP contribution in [0.25, 0.3) is 0 Å². The van der Waals surface area contributed by atoms with Gasteiger partial charge in [0.15, 0.2) is 0 Å². The first-order chi connectivity index (χ1) is 7.70. The molecule has 16 heavy (non-hydrogen) atoms. The number of ether oxygens (including phenoxy) is 1. The van der Waals surface area contributed by atoms with Gasteiger partial charge in [0.1, 0.15) is 0 Å². The summed E-state index contributed by atoms with van der Waals surface area (Å²) < 4.78 is 4.90. The monoisotopic (exact) mass is 220 g/mol. The smallest absolute Gasteiger partial charge is 0.225 e. The van der Waals surface area contributed by atoms with Gasteiger partial charge in [0.25, 0.3) is 0 Å². The Kier molecular flexibility index (Phi) is 3.10. The van der Waals surface area contributed by atoms with Gasteiger partial charge in [-0.05, 0) is 23.3 Å². The van der Waals surface area contributed by atoms with Crippen molar-refractivity contribution in [2.24, 2.45) is 0 Å². The zero-order valence-corrected chi connectivity index (χ0v) is 9.40. The van der Waals surface area contributed by atoms with Gasteiger partial charge >= 0.3 is 0 Å². The fourth-order valence-corrected chi connectivity index (χ4v) is 1.94. The highest BCUT2D eigenvalue weighted by molar-refractivity contribution is 5.77. The summed E-state index contributed by atoms with van der Waals surface area (Å²) in [6, 6.07) is 5.81. The van der Waals surface area contributed by atoms with Crippen LogP contribution in [-0.2, 0) is 22.6 Å². The number of benzene rings is 1. The summed E-state index contributed by atoms with van der Waals surface area (Å²) >= 11 is 0. The van der Waals surface area contributed by atoms with Crippen molar-refractivity contribution in [3.8, 4) is 0 Å². The van der Waals surface area contributed by atoms with Gasteiger partial charge in [0.05, 0.1) is 13.0 Å². The lowest BCUT2D eigenvalue weighted by Crippen LogP contribution is -2.26. The number of anilines is 1. The van der Waals surface area contributed by atoms with E-state index in [9.17, 15) is 4.79 Å². The predicted octanol–water partition coefficient (Wildman–Crippen LogP) is 1.15. The molecule has 0 aromatic heterocycles. The van der Waals surface area contributed by atoms with E-state index >= 15 is 0 Å². The third kappa shape index (κ3) is 2.17. The van der Waals surface area contributed by atoms with Crippen molar-refractivity contribution in [3.05, 3.63) is 29.3 Å². The number of nitrogens with two attached hydrogens (primary N) is 1. The molecule has 0 bridgehead atoms. The average Bonchev–Trinajstić information content (AvgIpc) is 2.68. The maximum absolute atomic E-state index is 11.8. The fourth-order valence-electron chi connectivity index (χ4n) is 1.94. The van der Waals surface area contributed by atoms with Crippen molar-refractivity contribution in [2.45, 2.75) is 19.5 Å². The first kappa shape index (κ1) is 11.0. The third-order valence-electron chi connectivity index (χ3n) is 2.83. The Morgan fingerprint density at radius 1 is 1.44 bits per heavy atom. The molecule has 0 saturated heterocycles. The number of nitrogens with zero attached hydrogens (tertiary/aromatic N) is 1. The normalized spacial score (nSPS) is 13.9. The van der Waals surface area contributed by atoms with Gasteiger partial charge in [-0.15, -0.1) is 0 Å². The molecular weight excluding hydrogens is 204 g/mol. The maximum atomic E-state index is 11.8. The maximum Gasteiger partial charge on any atom is 0.225 e. The molecule has 0 aliphatic carbocycles. The molecular formula is C12H16N2O2. The summed E-state index contributed by atoms with van der Waals surface area (Å²) in [4.78, 5) is 13.6. The molecule has 1 aromatic rings. The van der Waals surface area contributed by atoms with E-state index in [0.29, 0.717) is 26.1 Å². The SMILES string of the molecule is COCCC(=O)N1Cc2ccc(N)cc2C1. The predicted molar refractivity (Wildman–Crippen MR) is 61.6 cm³/mol. The van der Waals surface area contributed by atoms with E-state index in [-0.39, 0.29) is 5.91 Å². The van der Waals surface area contributed by atoms with Crippen molar-refractivity contribution in [1.82, 2.24) is 4.90 Å². The fraction of sp³-hybridized carbons (Fsp3) is 0.417. The second-order valence-electron chi connectivity index (χ2n) is 4.02. The number of hydrogen-bond acceptors (Lipinski definition) is 3. The summed E-state index contributed by atoms with van der Waals surface area (Å²) in [6.45, 7) is 1.84. The Bertz CT molecular complexity index is 404. The molecule has 1 aromatic carbocycles. The summed E-state index contributed by atoms with van der Waals surface area (Å²) in [5, 5.41) is 0. The van der Waals surface area contributed by atoms with E-state index in [1.165, 1.54) is 5.56 Å².